The molecule has 1 aromatic carbocycles. The Morgan fingerprint density at radius 1 is 1.55 bits per heavy atom. The van der Waals surface area contributed by atoms with Gasteiger partial charge < -0.3 is 10.1 Å². The van der Waals surface area contributed by atoms with Crippen LogP contribution in [0.5, 0.6) is 0 Å². The SMILES string of the molecule is CCOC(=O)C(Nc1ccccc1Br)c1ncc(Cl)s1. The van der Waals surface area contributed by atoms with Crippen LogP contribution in [0.2, 0.25) is 4.34 Å². The van der Waals surface area contributed by atoms with Crippen LogP contribution in [0.3, 0.4) is 0 Å². The predicted molar refractivity (Wildman–Crippen MR) is 84.3 cm³/mol. The van der Waals surface area contributed by atoms with Crippen molar-refractivity contribution in [2.24, 2.45) is 0 Å². The van der Waals surface area contributed by atoms with E-state index in [1.165, 1.54) is 17.5 Å². The minimum Gasteiger partial charge on any atom is -0.464 e. The minimum atomic E-state index is -0.675. The number of hydrogen-bond acceptors (Lipinski definition) is 5. The second-order valence-electron chi connectivity index (χ2n) is 3.81. The maximum atomic E-state index is 12.1. The summed E-state index contributed by atoms with van der Waals surface area (Å²) in [5.41, 5.74) is 0.789. The molecule has 0 aliphatic heterocycles. The fourth-order valence-corrected chi connectivity index (χ4v) is 2.95. The number of hydrogen-bond donors (Lipinski definition) is 1. The molecule has 0 saturated heterocycles. The number of thiazole rings is 1. The monoisotopic (exact) mass is 374 g/mol. The summed E-state index contributed by atoms with van der Waals surface area (Å²) in [5, 5.41) is 3.70. The number of anilines is 1. The van der Waals surface area contributed by atoms with E-state index in [1.54, 1.807) is 6.92 Å². The van der Waals surface area contributed by atoms with Crippen LogP contribution >= 0.6 is 38.9 Å². The highest BCUT2D eigenvalue weighted by Crippen LogP contribution is 2.30. The van der Waals surface area contributed by atoms with Crippen molar-refractivity contribution in [3.8, 4) is 0 Å². The lowest BCUT2D eigenvalue weighted by molar-refractivity contribution is -0.144. The number of aromatic nitrogens is 1. The number of esters is 1. The first-order valence-corrected chi connectivity index (χ1v) is 7.89. The van der Waals surface area contributed by atoms with Crippen LogP contribution in [0.25, 0.3) is 0 Å². The van der Waals surface area contributed by atoms with Crippen molar-refractivity contribution in [2.75, 3.05) is 11.9 Å². The summed E-state index contributed by atoms with van der Waals surface area (Å²) in [7, 11) is 0. The summed E-state index contributed by atoms with van der Waals surface area (Å²) in [6, 6.07) is 6.86. The zero-order valence-electron chi connectivity index (χ0n) is 10.6. The van der Waals surface area contributed by atoms with Gasteiger partial charge in [0.15, 0.2) is 6.04 Å². The maximum absolute atomic E-state index is 12.1. The van der Waals surface area contributed by atoms with Gasteiger partial charge in [0.2, 0.25) is 0 Å². The molecule has 1 unspecified atom stereocenters. The molecule has 1 N–H and O–H groups in total. The van der Waals surface area contributed by atoms with E-state index in [1.807, 2.05) is 24.3 Å². The van der Waals surface area contributed by atoms with Gasteiger partial charge in [-0.15, -0.1) is 11.3 Å². The van der Waals surface area contributed by atoms with Crippen molar-refractivity contribution in [3.05, 3.63) is 44.3 Å². The Kier molecular flexibility index (Phi) is 5.39. The van der Waals surface area contributed by atoms with Crippen molar-refractivity contribution >= 4 is 50.5 Å². The molecule has 106 valence electrons. The van der Waals surface area contributed by atoms with Gasteiger partial charge in [0.25, 0.3) is 0 Å². The molecular formula is C13H12BrClN2O2S. The number of nitrogens with zero attached hydrogens (tertiary/aromatic N) is 1. The number of rotatable bonds is 5. The van der Waals surface area contributed by atoms with Gasteiger partial charge in [0.05, 0.1) is 12.8 Å². The van der Waals surface area contributed by atoms with Crippen LogP contribution in [0.1, 0.15) is 18.0 Å². The Morgan fingerprint density at radius 3 is 2.90 bits per heavy atom. The van der Waals surface area contributed by atoms with E-state index in [2.05, 4.69) is 26.2 Å². The normalized spacial score (nSPS) is 11.9. The fourth-order valence-electron chi connectivity index (χ4n) is 1.58. The number of ether oxygens (including phenoxy) is 1. The average molecular weight is 376 g/mol. The molecule has 0 aliphatic carbocycles. The van der Waals surface area contributed by atoms with E-state index in [4.69, 9.17) is 16.3 Å². The van der Waals surface area contributed by atoms with E-state index in [-0.39, 0.29) is 5.97 Å². The molecule has 0 fully saturated rings. The predicted octanol–water partition coefficient (Wildman–Crippen LogP) is 4.28. The Labute approximate surface area is 134 Å². The molecule has 0 bridgehead atoms. The molecule has 0 amide bonds. The second kappa shape index (κ2) is 7.06. The third-order valence-electron chi connectivity index (χ3n) is 2.44. The highest BCUT2D eigenvalue weighted by Gasteiger charge is 2.25. The zero-order chi connectivity index (χ0) is 14.5. The number of carbonyl (C=O) groups is 1. The summed E-state index contributed by atoms with van der Waals surface area (Å²) in [6.07, 6.45) is 1.52. The molecule has 2 rings (SSSR count). The molecule has 0 radical (unpaired) electrons. The molecule has 1 aromatic heterocycles. The van der Waals surface area contributed by atoms with E-state index < -0.39 is 6.04 Å². The van der Waals surface area contributed by atoms with Gasteiger partial charge in [-0.1, -0.05) is 23.7 Å². The van der Waals surface area contributed by atoms with Gasteiger partial charge in [0, 0.05) is 10.2 Å². The smallest absolute Gasteiger partial charge is 0.335 e. The molecule has 4 nitrogen and oxygen atoms in total. The van der Waals surface area contributed by atoms with Gasteiger partial charge in [-0.2, -0.15) is 0 Å². The number of para-hydroxylation sites is 1. The summed E-state index contributed by atoms with van der Waals surface area (Å²) >= 11 is 10.6. The van der Waals surface area contributed by atoms with Gasteiger partial charge >= 0.3 is 5.97 Å². The zero-order valence-corrected chi connectivity index (χ0v) is 13.8. The average Bonchev–Trinajstić information content (AvgIpc) is 2.84. The topological polar surface area (TPSA) is 51.2 Å². The number of nitrogens with one attached hydrogen (secondary N) is 1. The molecule has 7 heteroatoms. The standard InChI is InChI=1S/C13H12BrClN2O2S/c1-2-19-13(18)11(12-16-7-10(15)20-12)17-9-6-4-3-5-8(9)14/h3-7,11,17H,2H2,1H3. The summed E-state index contributed by atoms with van der Waals surface area (Å²) < 4.78 is 6.48. The molecule has 0 saturated carbocycles. The molecule has 0 spiro atoms. The van der Waals surface area contributed by atoms with Crippen LogP contribution in [-0.2, 0) is 9.53 Å². The number of carbonyl (C=O) groups excluding carboxylic acids is 1. The van der Waals surface area contributed by atoms with Crippen molar-refractivity contribution in [1.82, 2.24) is 4.98 Å². The van der Waals surface area contributed by atoms with Crippen molar-refractivity contribution in [3.63, 3.8) is 0 Å². The fraction of sp³-hybridized carbons (Fsp3) is 0.231. The summed E-state index contributed by atoms with van der Waals surface area (Å²) in [5.74, 6) is -0.380. The summed E-state index contributed by atoms with van der Waals surface area (Å²) in [4.78, 5) is 16.2. The highest BCUT2D eigenvalue weighted by atomic mass is 79.9. The number of halogens is 2. The first kappa shape index (κ1) is 15.3. The Balaban J connectivity index is 2.27. The molecule has 1 atom stereocenters. The van der Waals surface area contributed by atoms with Crippen LogP contribution < -0.4 is 5.32 Å². The van der Waals surface area contributed by atoms with E-state index in [0.717, 1.165) is 10.2 Å². The maximum Gasteiger partial charge on any atom is 0.335 e. The highest BCUT2D eigenvalue weighted by molar-refractivity contribution is 9.10. The second-order valence-corrected chi connectivity index (χ2v) is 6.36. The third kappa shape index (κ3) is 3.71. The number of benzene rings is 1. The van der Waals surface area contributed by atoms with Gasteiger partial charge in [-0.3, -0.25) is 0 Å². The van der Waals surface area contributed by atoms with Crippen LogP contribution in [0.4, 0.5) is 5.69 Å². The van der Waals surface area contributed by atoms with E-state index >= 15 is 0 Å². The first-order chi connectivity index (χ1) is 9.61. The van der Waals surface area contributed by atoms with Crippen LogP contribution in [-0.4, -0.2) is 17.6 Å². The van der Waals surface area contributed by atoms with Crippen molar-refractivity contribution in [1.29, 1.82) is 0 Å². The third-order valence-corrected chi connectivity index (χ3v) is 4.31. The molecule has 2 aromatic rings. The molecule has 1 heterocycles. The quantitative estimate of drug-likeness (QED) is 0.793. The minimum absolute atomic E-state index is 0.312. The lowest BCUT2D eigenvalue weighted by atomic mass is 10.2. The summed E-state index contributed by atoms with van der Waals surface area (Å²) in [6.45, 7) is 2.08. The Morgan fingerprint density at radius 2 is 2.30 bits per heavy atom. The molecule has 20 heavy (non-hydrogen) atoms. The van der Waals surface area contributed by atoms with Crippen LogP contribution in [0, 0.1) is 0 Å². The first-order valence-electron chi connectivity index (χ1n) is 5.90. The Bertz CT molecular complexity index is 606. The molecule has 0 aliphatic rings. The van der Waals surface area contributed by atoms with Gasteiger partial charge in [-0.05, 0) is 35.0 Å². The van der Waals surface area contributed by atoms with Crippen LogP contribution in [0.15, 0.2) is 34.9 Å². The largest absolute Gasteiger partial charge is 0.464 e. The lowest BCUT2D eigenvalue weighted by Gasteiger charge is -2.17. The van der Waals surface area contributed by atoms with Crippen molar-refractivity contribution < 1.29 is 9.53 Å². The van der Waals surface area contributed by atoms with Gasteiger partial charge in [-0.25, -0.2) is 9.78 Å². The lowest BCUT2D eigenvalue weighted by Crippen LogP contribution is -2.23. The Hall–Kier alpha value is -1.11. The van der Waals surface area contributed by atoms with Crippen molar-refractivity contribution in [2.45, 2.75) is 13.0 Å². The van der Waals surface area contributed by atoms with E-state index in [9.17, 15) is 4.79 Å². The van der Waals surface area contributed by atoms with Gasteiger partial charge in [0.1, 0.15) is 9.34 Å². The molecular weight excluding hydrogens is 364 g/mol. The van der Waals surface area contributed by atoms with E-state index in [0.29, 0.717) is 16.0 Å².